The summed E-state index contributed by atoms with van der Waals surface area (Å²) in [6, 6.07) is 0.251. The van der Waals surface area contributed by atoms with Crippen LogP contribution in [0.5, 0.6) is 0 Å². The summed E-state index contributed by atoms with van der Waals surface area (Å²) >= 11 is 0. The fraction of sp³-hybridized carbons (Fsp3) is 0.943. The number of carbonyl (C=O) groups is 2. The Morgan fingerprint density at radius 2 is 1.56 bits per heavy atom. The first-order valence-electron chi connectivity index (χ1n) is 17.3. The van der Waals surface area contributed by atoms with Crippen molar-refractivity contribution in [2.45, 2.75) is 155 Å². The first kappa shape index (κ1) is 46.7. The van der Waals surface area contributed by atoms with Gasteiger partial charge in [0.15, 0.2) is 18.4 Å². The molecule has 2 rings (SSSR count). The van der Waals surface area contributed by atoms with Gasteiger partial charge < -0.3 is 54.3 Å². The van der Waals surface area contributed by atoms with Crippen molar-refractivity contribution in [2.24, 2.45) is 17.8 Å². The van der Waals surface area contributed by atoms with Gasteiger partial charge in [-0.1, -0.05) is 20.8 Å². The van der Waals surface area contributed by atoms with Gasteiger partial charge in [0.2, 0.25) is 0 Å². The van der Waals surface area contributed by atoms with Crippen molar-refractivity contribution < 1.29 is 53.7 Å². The van der Waals surface area contributed by atoms with Crippen LogP contribution >= 0.6 is 0 Å². The Balaban J connectivity index is 0.000000787. The van der Waals surface area contributed by atoms with Gasteiger partial charge >= 0.3 is 5.97 Å². The summed E-state index contributed by atoms with van der Waals surface area (Å²) in [5.74, 6) is 0.0299. The first-order chi connectivity index (χ1) is 22.2. The van der Waals surface area contributed by atoms with Crippen LogP contribution in [0.1, 0.15) is 93.9 Å². The molecular weight excluding hydrogens is 624 g/mol. The van der Waals surface area contributed by atoms with Crippen LogP contribution in [0.25, 0.3) is 0 Å². The van der Waals surface area contributed by atoms with Gasteiger partial charge in [0.05, 0.1) is 36.9 Å². The monoisotopic (exact) mass is 694 g/mol. The van der Waals surface area contributed by atoms with Crippen molar-refractivity contribution in [1.82, 2.24) is 10.2 Å². The van der Waals surface area contributed by atoms with Crippen LogP contribution in [0.2, 0.25) is 0 Å². The van der Waals surface area contributed by atoms with E-state index in [-0.39, 0.29) is 54.0 Å². The van der Waals surface area contributed by atoms with Crippen molar-refractivity contribution in [3.63, 3.8) is 0 Å². The highest BCUT2D eigenvalue weighted by Crippen LogP contribution is 2.28. The molecule has 13 atom stereocenters. The Hall–Kier alpha value is -1.26. The molecule has 48 heavy (non-hydrogen) atoms. The van der Waals surface area contributed by atoms with Gasteiger partial charge in [-0.2, -0.15) is 0 Å². The predicted molar refractivity (Wildman–Crippen MR) is 184 cm³/mol. The van der Waals surface area contributed by atoms with Crippen LogP contribution in [0.3, 0.4) is 0 Å². The van der Waals surface area contributed by atoms with Gasteiger partial charge in [-0.3, -0.25) is 9.59 Å². The molecule has 286 valence electrons. The van der Waals surface area contributed by atoms with Crippen molar-refractivity contribution in [3.8, 4) is 0 Å². The van der Waals surface area contributed by atoms with Crippen molar-refractivity contribution in [3.05, 3.63) is 0 Å². The largest absolute Gasteiger partial charge is 0.469 e. The maximum Gasteiger partial charge on any atom is 0.308 e. The van der Waals surface area contributed by atoms with Crippen LogP contribution in [0.15, 0.2) is 0 Å². The fourth-order valence-corrected chi connectivity index (χ4v) is 6.35. The summed E-state index contributed by atoms with van der Waals surface area (Å²) in [6.45, 7) is 15.5. The minimum atomic E-state index is -0.817. The molecule has 0 amide bonds. The molecule has 5 N–H and O–H groups in total. The van der Waals surface area contributed by atoms with Gasteiger partial charge in [0.1, 0.15) is 12.2 Å². The minimum Gasteiger partial charge on any atom is -0.469 e. The highest BCUT2D eigenvalue weighted by Gasteiger charge is 2.35. The number of aliphatic hydroxyl groups is 4. The second kappa shape index (κ2) is 23.3. The van der Waals surface area contributed by atoms with Gasteiger partial charge in [0.25, 0.3) is 0 Å². The average Bonchev–Trinajstić information content (AvgIpc) is 2.99. The summed E-state index contributed by atoms with van der Waals surface area (Å²) in [6.07, 6.45) is 1.07. The Kier molecular flexibility index (Phi) is 22.6. The van der Waals surface area contributed by atoms with Gasteiger partial charge in [-0.15, -0.1) is 0 Å². The normalized spacial score (nSPS) is 29.5. The van der Waals surface area contributed by atoms with E-state index in [4.69, 9.17) is 23.7 Å². The smallest absolute Gasteiger partial charge is 0.308 e. The zero-order valence-electron chi connectivity index (χ0n) is 32.0. The summed E-state index contributed by atoms with van der Waals surface area (Å²) in [7, 11) is 8.54. The zero-order valence-corrected chi connectivity index (χ0v) is 32.0. The van der Waals surface area contributed by atoms with Gasteiger partial charge in [-0.25, -0.2) is 0 Å². The Morgan fingerprint density at radius 3 is 2.04 bits per heavy atom. The second-order valence-corrected chi connectivity index (χ2v) is 14.5. The lowest BCUT2D eigenvalue weighted by atomic mass is 9.82. The highest BCUT2D eigenvalue weighted by molar-refractivity contribution is 5.87. The molecule has 0 aromatic rings. The molecular formula is C35H70N2O11. The number of Topliss-reactive ketones (excluding diaryl/α,β-unsaturated/α-hetero) is 1. The molecule has 2 aliphatic heterocycles. The third-order valence-corrected chi connectivity index (χ3v) is 8.96. The summed E-state index contributed by atoms with van der Waals surface area (Å²) in [4.78, 5) is 25.0. The van der Waals surface area contributed by atoms with Gasteiger partial charge in [0, 0.05) is 39.1 Å². The molecule has 9 unspecified atom stereocenters. The van der Waals surface area contributed by atoms with Crippen LogP contribution in [-0.4, -0.2) is 140 Å². The average molecular weight is 695 g/mol. The molecule has 2 saturated heterocycles. The van der Waals surface area contributed by atoms with E-state index in [0.717, 1.165) is 12.8 Å². The number of carbonyl (C=O) groups excluding carboxylic acids is 2. The molecule has 0 spiro atoms. The maximum atomic E-state index is 11.5. The number of esters is 1. The topological polar surface area (TPSA) is 176 Å². The molecule has 2 aliphatic rings. The zero-order chi connectivity index (χ0) is 37.4. The third-order valence-electron chi connectivity index (χ3n) is 8.96. The molecule has 13 nitrogen and oxygen atoms in total. The second-order valence-electron chi connectivity index (χ2n) is 14.5. The van der Waals surface area contributed by atoms with Crippen LogP contribution in [-0.2, 0) is 33.3 Å². The number of rotatable bonds is 15. The standard InChI is InChI=1S/C19H39NO5.C8H17NO2.C8H14O4/c1-12(8-14(3)18(23)25-7)9-19(6,24)10-13(2)11-20-15(4)17(22)16(5)21;1-6-4-7(9(2)3)5-8(10)11-6;1-5-8(9)6(10-2)4-7(11-3)12-5/h12-17,20-22,24H,8-11H2,1-7H3;6-8,10H,4-5H2,1-3H3;5-7H,4H2,1-3H3/t12-,13+,14?,15?,16?,17?,19-;;5-,6?,7?/m0.0/s1. The predicted octanol–water partition coefficient (Wildman–Crippen LogP) is 2.49. The van der Waals surface area contributed by atoms with Crippen LogP contribution in [0.4, 0.5) is 0 Å². The number of aliphatic hydroxyl groups excluding tert-OH is 3. The molecule has 2 fully saturated rings. The molecule has 0 aromatic carbocycles. The fourth-order valence-electron chi connectivity index (χ4n) is 6.35. The van der Waals surface area contributed by atoms with Crippen LogP contribution in [0, 0.1) is 17.8 Å². The van der Waals surface area contributed by atoms with E-state index in [0.29, 0.717) is 38.3 Å². The van der Waals surface area contributed by atoms with Crippen molar-refractivity contribution in [2.75, 3.05) is 42.0 Å². The highest BCUT2D eigenvalue weighted by atomic mass is 16.7. The maximum absolute atomic E-state index is 11.5. The summed E-state index contributed by atoms with van der Waals surface area (Å²) in [5.41, 5.74) is -0.817. The van der Waals surface area contributed by atoms with Crippen LogP contribution < -0.4 is 5.32 Å². The number of nitrogens with one attached hydrogen (secondary N) is 1. The minimum absolute atomic E-state index is 0.00852. The summed E-state index contributed by atoms with van der Waals surface area (Å²) < 4.78 is 25.2. The molecule has 0 aliphatic carbocycles. The molecule has 13 heteroatoms. The number of hydrogen-bond donors (Lipinski definition) is 5. The third kappa shape index (κ3) is 18.7. The van der Waals surface area contributed by atoms with E-state index >= 15 is 0 Å². The first-order valence-corrected chi connectivity index (χ1v) is 17.3. The van der Waals surface area contributed by atoms with E-state index in [1.54, 1.807) is 21.0 Å². The van der Waals surface area contributed by atoms with E-state index < -0.39 is 30.2 Å². The lowest BCUT2D eigenvalue weighted by Gasteiger charge is -2.34. The molecule has 2 heterocycles. The van der Waals surface area contributed by atoms with Gasteiger partial charge in [-0.05, 0) is 92.8 Å². The summed E-state index contributed by atoms with van der Waals surface area (Å²) in [5, 5.41) is 42.4. The SMILES string of the molecule is CC1CC(N(C)C)CC(O)O1.COC(=O)C(C)C[C@H](C)C[C@](C)(O)C[C@@H](C)CNC(C)C(O)C(C)O.COC1CC(OC)C(=O)[C@H](C)O1. The van der Waals surface area contributed by atoms with E-state index in [1.165, 1.54) is 14.2 Å². The molecule has 0 aromatic heterocycles. The van der Waals surface area contributed by atoms with E-state index in [9.17, 15) is 30.0 Å². The number of nitrogens with zero attached hydrogens (tertiary/aromatic N) is 1. The van der Waals surface area contributed by atoms with E-state index in [1.807, 2.05) is 55.6 Å². The van der Waals surface area contributed by atoms with Crippen molar-refractivity contribution >= 4 is 11.8 Å². The lowest BCUT2D eigenvalue weighted by molar-refractivity contribution is -0.202. The quantitative estimate of drug-likeness (QED) is 0.158. The number of ketones is 1. The Labute approximate surface area is 290 Å². The number of hydrogen-bond acceptors (Lipinski definition) is 13. The van der Waals surface area contributed by atoms with E-state index in [2.05, 4.69) is 10.2 Å². The Morgan fingerprint density at radius 1 is 0.979 bits per heavy atom. The number of ether oxygens (including phenoxy) is 5. The van der Waals surface area contributed by atoms with Crippen molar-refractivity contribution in [1.29, 1.82) is 0 Å². The molecule has 0 saturated carbocycles. The Bertz CT molecular complexity index is 881. The molecule has 0 bridgehead atoms. The number of methoxy groups -OCH3 is 3. The molecule has 0 radical (unpaired) electrons. The lowest BCUT2D eigenvalue weighted by Crippen LogP contribution is -2.45.